The molecule has 1 aromatic heterocycles. The minimum absolute atomic E-state index is 0.294. The average Bonchev–Trinajstić information content (AvgIpc) is 2.72. The van der Waals surface area contributed by atoms with Gasteiger partial charge in [-0.2, -0.15) is 0 Å². The van der Waals surface area contributed by atoms with Crippen molar-refractivity contribution in [3.63, 3.8) is 0 Å². The molecule has 0 unspecified atom stereocenters. The van der Waals surface area contributed by atoms with E-state index in [-0.39, 0.29) is 0 Å². The largest absolute Gasteiger partial charge is 0.508 e. The molecule has 90 valence electrons. The fourth-order valence-corrected chi connectivity index (χ4v) is 2.31. The highest BCUT2D eigenvalue weighted by Crippen LogP contribution is 2.22. The molecule has 3 heteroatoms. The van der Waals surface area contributed by atoms with Gasteiger partial charge in [0.25, 0.3) is 0 Å². The number of phenolic OH excluding ortho intramolecular Hbond substituents is 1. The number of hydrogen-bond donors (Lipinski definition) is 1. The van der Waals surface area contributed by atoms with Crippen LogP contribution < -0.4 is 0 Å². The molecular weight excluding hydrogens is 246 g/mol. The number of fused-ring (bicyclic) bond motifs is 1. The van der Waals surface area contributed by atoms with Gasteiger partial charge in [-0.15, -0.1) is 0 Å². The predicted octanol–water partition coefficient (Wildman–Crippen LogP) is 4.05. The highest BCUT2D eigenvalue weighted by atomic mass is 35.5. The Labute approximate surface area is 110 Å². The van der Waals surface area contributed by atoms with Gasteiger partial charge in [-0.05, 0) is 41.3 Å². The molecule has 0 fully saturated rings. The Morgan fingerprint density at radius 2 is 1.94 bits per heavy atom. The fraction of sp³-hybridized carbons (Fsp3) is 0.0667. The molecule has 0 aliphatic heterocycles. The third-order valence-electron chi connectivity index (χ3n) is 3.00. The number of rotatable bonds is 2. The minimum atomic E-state index is 0.294. The van der Waals surface area contributed by atoms with Gasteiger partial charge in [0.05, 0.1) is 0 Å². The molecule has 3 aromatic rings. The summed E-state index contributed by atoms with van der Waals surface area (Å²) in [5.41, 5.74) is 2.17. The number of nitrogens with zero attached hydrogens (tertiary/aromatic N) is 1. The van der Waals surface area contributed by atoms with Crippen LogP contribution >= 0.6 is 11.6 Å². The molecule has 0 bridgehead atoms. The Morgan fingerprint density at radius 3 is 2.78 bits per heavy atom. The summed E-state index contributed by atoms with van der Waals surface area (Å²) in [5, 5.41) is 11.4. The van der Waals surface area contributed by atoms with Gasteiger partial charge in [0.2, 0.25) is 0 Å². The molecule has 1 heterocycles. The summed E-state index contributed by atoms with van der Waals surface area (Å²) in [6.45, 7) is 0.720. The van der Waals surface area contributed by atoms with Gasteiger partial charge < -0.3 is 9.67 Å². The SMILES string of the molecule is Oc1cccc(Cn2ccc3ccc(Cl)cc32)c1. The van der Waals surface area contributed by atoms with Crippen molar-refractivity contribution in [1.82, 2.24) is 4.57 Å². The Bertz CT molecular complexity index is 703. The van der Waals surface area contributed by atoms with E-state index in [1.165, 1.54) is 5.39 Å². The molecule has 0 saturated carbocycles. The first-order valence-corrected chi connectivity index (χ1v) is 6.12. The second-order valence-electron chi connectivity index (χ2n) is 4.32. The maximum absolute atomic E-state index is 9.47. The van der Waals surface area contributed by atoms with Crippen LogP contribution in [-0.4, -0.2) is 9.67 Å². The van der Waals surface area contributed by atoms with Crippen molar-refractivity contribution in [1.29, 1.82) is 0 Å². The van der Waals surface area contributed by atoms with E-state index in [1.807, 2.05) is 36.5 Å². The maximum Gasteiger partial charge on any atom is 0.115 e. The van der Waals surface area contributed by atoms with Gasteiger partial charge in [-0.1, -0.05) is 29.8 Å². The van der Waals surface area contributed by atoms with E-state index in [2.05, 4.69) is 10.6 Å². The molecule has 18 heavy (non-hydrogen) atoms. The average molecular weight is 258 g/mol. The second-order valence-corrected chi connectivity index (χ2v) is 4.75. The first-order valence-electron chi connectivity index (χ1n) is 5.75. The van der Waals surface area contributed by atoms with Crippen molar-refractivity contribution >= 4 is 22.5 Å². The van der Waals surface area contributed by atoms with E-state index < -0.39 is 0 Å². The van der Waals surface area contributed by atoms with Crippen LogP contribution in [0.1, 0.15) is 5.56 Å². The number of aromatic nitrogens is 1. The van der Waals surface area contributed by atoms with Crippen molar-refractivity contribution < 1.29 is 5.11 Å². The van der Waals surface area contributed by atoms with E-state index in [0.29, 0.717) is 5.75 Å². The second kappa shape index (κ2) is 4.39. The molecule has 0 aliphatic rings. The number of phenols is 1. The van der Waals surface area contributed by atoms with Crippen LogP contribution in [0.4, 0.5) is 0 Å². The maximum atomic E-state index is 9.47. The third kappa shape index (κ3) is 2.07. The lowest BCUT2D eigenvalue weighted by Crippen LogP contribution is -1.97. The number of halogens is 1. The fourth-order valence-electron chi connectivity index (χ4n) is 2.15. The Kier molecular flexibility index (Phi) is 2.73. The molecule has 0 amide bonds. The van der Waals surface area contributed by atoms with Gasteiger partial charge in [-0.3, -0.25) is 0 Å². The zero-order valence-electron chi connectivity index (χ0n) is 9.68. The van der Waals surface area contributed by atoms with E-state index in [0.717, 1.165) is 22.6 Å². The van der Waals surface area contributed by atoms with Crippen molar-refractivity contribution in [2.75, 3.05) is 0 Å². The summed E-state index contributed by atoms with van der Waals surface area (Å²) in [7, 11) is 0. The zero-order chi connectivity index (χ0) is 12.5. The molecule has 2 aromatic carbocycles. The van der Waals surface area contributed by atoms with Crippen LogP contribution in [0.2, 0.25) is 5.02 Å². The van der Waals surface area contributed by atoms with Crippen molar-refractivity contribution in [2.24, 2.45) is 0 Å². The quantitative estimate of drug-likeness (QED) is 0.736. The van der Waals surface area contributed by atoms with E-state index in [1.54, 1.807) is 12.1 Å². The summed E-state index contributed by atoms with van der Waals surface area (Å²) >= 11 is 6.02. The number of aromatic hydroxyl groups is 1. The smallest absolute Gasteiger partial charge is 0.115 e. The lowest BCUT2D eigenvalue weighted by molar-refractivity contribution is 0.474. The summed E-state index contributed by atoms with van der Waals surface area (Å²) in [6.07, 6.45) is 2.03. The lowest BCUT2D eigenvalue weighted by atomic mass is 10.2. The summed E-state index contributed by atoms with van der Waals surface area (Å²) in [6, 6.07) is 15.2. The summed E-state index contributed by atoms with van der Waals surface area (Å²) in [4.78, 5) is 0. The van der Waals surface area contributed by atoms with Crippen molar-refractivity contribution in [2.45, 2.75) is 6.54 Å². The van der Waals surface area contributed by atoms with Gasteiger partial charge in [0, 0.05) is 23.3 Å². The van der Waals surface area contributed by atoms with Gasteiger partial charge >= 0.3 is 0 Å². The van der Waals surface area contributed by atoms with E-state index in [9.17, 15) is 5.11 Å². The number of hydrogen-bond acceptors (Lipinski definition) is 1. The van der Waals surface area contributed by atoms with E-state index >= 15 is 0 Å². The normalized spacial score (nSPS) is 10.9. The van der Waals surface area contributed by atoms with Gasteiger partial charge in [0.15, 0.2) is 0 Å². The molecule has 0 saturated heterocycles. The Morgan fingerprint density at radius 1 is 1.06 bits per heavy atom. The third-order valence-corrected chi connectivity index (χ3v) is 3.23. The molecule has 2 nitrogen and oxygen atoms in total. The summed E-state index contributed by atoms with van der Waals surface area (Å²) < 4.78 is 2.12. The molecule has 0 spiro atoms. The van der Waals surface area contributed by atoms with Crippen LogP contribution in [0.5, 0.6) is 5.75 Å². The first kappa shape index (κ1) is 11.2. The highest BCUT2D eigenvalue weighted by molar-refractivity contribution is 6.31. The Hall–Kier alpha value is -1.93. The highest BCUT2D eigenvalue weighted by Gasteiger charge is 2.03. The number of benzene rings is 2. The Balaban J connectivity index is 2.02. The van der Waals surface area contributed by atoms with Crippen LogP contribution in [0.25, 0.3) is 10.9 Å². The van der Waals surface area contributed by atoms with Crippen LogP contribution in [0.3, 0.4) is 0 Å². The van der Waals surface area contributed by atoms with Crippen LogP contribution in [0.15, 0.2) is 54.7 Å². The molecular formula is C15H12ClNO. The predicted molar refractivity (Wildman–Crippen MR) is 74.2 cm³/mol. The van der Waals surface area contributed by atoms with Gasteiger partial charge in [-0.25, -0.2) is 0 Å². The zero-order valence-corrected chi connectivity index (χ0v) is 10.4. The van der Waals surface area contributed by atoms with Crippen molar-refractivity contribution in [3.8, 4) is 5.75 Å². The first-order chi connectivity index (χ1) is 8.72. The summed E-state index contributed by atoms with van der Waals surface area (Å²) in [5.74, 6) is 0.294. The van der Waals surface area contributed by atoms with Gasteiger partial charge in [0.1, 0.15) is 5.75 Å². The molecule has 0 radical (unpaired) electrons. The topological polar surface area (TPSA) is 25.2 Å². The van der Waals surface area contributed by atoms with Crippen LogP contribution in [-0.2, 0) is 6.54 Å². The lowest BCUT2D eigenvalue weighted by Gasteiger charge is -2.06. The molecule has 0 atom stereocenters. The minimum Gasteiger partial charge on any atom is -0.508 e. The standard InChI is InChI=1S/C15H12ClNO/c16-13-5-4-12-6-7-17(15(12)9-13)10-11-2-1-3-14(18)8-11/h1-9,18H,10H2. The van der Waals surface area contributed by atoms with Crippen LogP contribution in [0, 0.1) is 0 Å². The van der Waals surface area contributed by atoms with E-state index in [4.69, 9.17) is 11.6 Å². The molecule has 0 aliphatic carbocycles. The monoisotopic (exact) mass is 257 g/mol. The molecule has 1 N–H and O–H groups in total. The molecule has 3 rings (SSSR count). The van der Waals surface area contributed by atoms with Crippen molar-refractivity contribution in [3.05, 3.63) is 65.3 Å².